The summed E-state index contributed by atoms with van der Waals surface area (Å²) in [4.78, 5) is 27.9. The molecule has 5 fully saturated rings. The first kappa shape index (κ1) is 20.5. The summed E-state index contributed by atoms with van der Waals surface area (Å²) in [5.41, 5.74) is 2.43. The van der Waals surface area contributed by atoms with Crippen LogP contribution in [-0.2, 0) is 9.53 Å². The van der Waals surface area contributed by atoms with Gasteiger partial charge in [-0.25, -0.2) is 0 Å². The third-order valence-corrected chi connectivity index (χ3v) is 8.71. The van der Waals surface area contributed by atoms with Crippen molar-refractivity contribution in [1.29, 1.82) is 0 Å². The normalized spacial score (nSPS) is 34.8. The monoisotopic (exact) mass is 474 g/mol. The summed E-state index contributed by atoms with van der Waals surface area (Å²) >= 11 is 4.04. The van der Waals surface area contributed by atoms with E-state index in [1.165, 1.54) is 32.1 Å². The second kappa shape index (κ2) is 7.63. The minimum atomic E-state index is 0.0224. The minimum Gasteiger partial charge on any atom is -0.378 e. The fourth-order valence-corrected chi connectivity index (χ4v) is 8.53. The molecule has 162 valence electrons. The molecule has 0 spiro atoms. The lowest BCUT2D eigenvalue weighted by atomic mass is 9.48. The van der Waals surface area contributed by atoms with E-state index in [0.29, 0.717) is 38.3 Å². The number of carbonyl (C=O) groups excluding carboxylic acids is 2. The van der Waals surface area contributed by atoms with Gasteiger partial charge in [-0.15, -0.1) is 0 Å². The van der Waals surface area contributed by atoms with Crippen LogP contribution in [0.25, 0.3) is 0 Å². The highest BCUT2D eigenvalue weighted by Crippen LogP contribution is 2.65. The molecule has 5 aliphatic rings. The smallest absolute Gasteiger partial charge is 0.254 e. The number of nitrogens with one attached hydrogen (secondary N) is 1. The number of hydrogen-bond acceptors (Lipinski definition) is 3. The summed E-state index contributed by atoms with van der Waals surface area (Å²) < 4.78 is 5.62. The van der Waals surface area contributed by atoms with E-state index in [1.807, 2.05) is 30.0 Å². The maximum absolute atomic E-state index is 13.1. The number of carbonyl (C=O) groups is 2. The molecular weight excluding hydrogens is 444 g/mol. The first-order valence-electron chi connectivity index (χ1n) is 11.3. The fraction of sp³-hybridized carbons (Fsp3) is 0.667. The first-order valence-corrected chi connectivity index (χ1v) is 12.1. The Morgan fingerprint density at radius 3 is 2.53 bits per heavy atom. The second-order valence-electron chi connectivity index (χ2n) is 10.2. The van der Waals surface area contributed by atoms with Gasteiger partial charge < -0.3 is 15.0 Å². The molecule has 1 saturated heterocycles. The van der Waals surface area contributed by atoms with E-state index in [0.717, 1.165) is 29.5 Å². The van der Waals surface area contributed by atoms with Gasteiger partial charge in [-0.05, 0) is 80.4 Å². The number of ether oxygens (including phenoxy) is 1. The number of benzene rings is 1. The first-order chi connectivity index (χ1) is 14.3. The lowest BCUT2D eigenvalue weighted by molar-refractivity contribution is -0.123. The van der Waals surface area contributed by atoms with Crippen LogP contribution in [0.1, 0.15) is 60.9 Å². The van der Waals surface area contributed by atoms with Gasteiger partial charge in [-0.2, -0.15) is 0 Å². The molecule has 1 N–H and O–H groups in total. The van der Waals surface area contributed by atoms with E-state index < -0.39 is 0 Å². The van der Waals surface area contributed by atoms with Crippen LogP contribution >= 0.6 is 15.9 Å². The maximum atomic E-state index is 13.1. The van der Waals surface area contributed by atoms with Crippen molar-refractivity contribution < 1.29 is 14.3 Å². The van der Waals surface area contributed by atoms with Gasteiger partial charge in [-0.1, -0.05) is 22.0 Å². The summed E-state index contributed by atoms with van der Waals surface area (Å²) in [7, 11) is 0. The average Bonchev–Trinajstić information content (AvgIpc) is 2.67. The number of amides is 2. The number of hydrogen-bond donors (Lipinski definition) is 1. The molecule has 2 unspecified atom stereocenters. The number of alkyl halides is 1. The van der Waals surface area contributed by atoms with Crippen molar-refractivity contribution in [2.75, 3.05) is 31.6 Å². The number of nitrogens with zero attached hydrogens (tertiary/aromatic N) is 1. The van der Waals surface area contributed by atoms with Gasteiger partial charge in [0.05, 0.1) is 13.2 Å². The third-order valence-electron chi connectivity index (χ3n) is 7.78. The van der Waals surface area contributed by atoms with Gasteiger partial charge in [0.2, 0.25) is 5.91 Å². The van der Waals surface area contributed by atoms with Crippen LogP contribution in [0.5, 0.6) is 0 Å². The molecule has 6 rings (SSSR count). The van der Waals surface area contributed by atoms with E-state index in [1.54, 1.807) is 0 Å². The molecule has 2 atom stereocenters. The SMILES string of the molecule is Cc1c(NC(=O)CC23CC4CC(CC(Br)(C4)C2)C3)cccc1C(=O)N1CCOCC1. The van der Waals surface area contributed by atoms with Gasteiger partial charge in [0.15, 0.2) is 0 Å². The Hall–Kier alpha value is -1.40. The Labute approximate surface area is 187 Å². The van der Waals surface area contributed by atoms with Crippen molar-refractivity contribution in [2.24, 2.45) is 17.3 Å². The summed E-state index contributed by atoms with van der Waals surface area (Å²) in [5.74, 6) is 1.66. The van der Waals surface area contributed by atoms with Crippen LogP contribution in [-0.4, -0.2) is 47.3 Å². The number of anilines is 1. The minimum absolute atomic E-state index is 0.0224. The predicted octanol–water partition coefficient (Wildman–Crippen LogP) is 4.53. The molecule has 4 bridgehead atoms. The van der Waals surface area contributed by atoms with Crippen LogP contribution in [0.3, 0.4) is 0 Å². The fourth-order valence-electron chi connectivity index (χ4n) is 7.02. The molecule has 1 heterocycles. The highest BCUT2D eigenvalue weighted by atomic mass is 79.9. The number of rotatable bonds is 4. The highest BCUT2D eigenvalue weighted by molar-refractivity contribution is 9.10. The molecule has 0 radical (unpaired) electrons. The van der Waals surface area contributed by atoms with Crippen molar-refractivity contribution in [3.8, 4) is 0 Å². The summed E-state index contributed by atoms with van der Waals surface area (Å²) in [6, 6.07) is 5.64. The van der Waals surface area contributed by atoms with Crippen LogP contribution in [0, 0.1) is 24.2 Å². The molecule has 4 saturated carbocycles. The Morgan fingerprint density at radius 2 is 1.87 bits per heavy atom. The van der Waals surface area contributed by atoms with Crippen molar-refractivity contribution in [2.45, 2.75) is 56.2 Å². The zero-order valence-electron chi connectivity index (χ0n) is 17.7. The Morgan fingerprint density at radius 1 is 1.17 bits per heavy atom. The molecule has 4 aliphatic carbocycles. The van der Waals surface area contributed by atoms with Crippen molar-refractivity contribution >= 4 is 33.4 Å². The molecule has 5 nitrogen and oxygen atoms in total. The molecule has 1 aliphatic heterocycles. The van der Waals surface area contributed by atoms with Crippen molar-refractivity contribution in [1.82, 2.24) is 4.90 Å². The summed E-state index contributed by atoms with van der Waals surface area (Å²) in [6.07, 6.45) is 8.00. The van der Waals surface area contributed by atoms with E-state index in [9.17, 15) is 9.59 Å². The molecule has 30 heavy (non-hydrogen) atoms. The topological polar surface area (TPSA) is 58.6 Å². The largest absolute Gasteiger partial charge is 0.378 e. The molecular formula is C24H31BrN2O3. The lowest BCUT2D eigenvalue weighted by Crippen LogP contribution is -2.53. The highest BCUT2D eigenvalue weighted by Gasteiger charge is 2.57. The molecule has 2 amide bonds. The average molecular weight is 475 g/mol. The van der Waals surface area contributed by atoms with E-state index >= 15 is 0 Å². The van der Waals surface area contributed by atoms with Crippen LogP contribution in [0.4, 0.5) is 5.69 Å². The Kier molecular flexibility index (Phi) is 5.21. The summed E-state index contributed by atoms with van der Waals surface area (Å²) in [6.45, 7) is 4.34. The Bertz CT molecular complexity index is 850. The van der Waals surface area contributed by atoms with E-state index in [2.05, 4.69) is 21.2 Å². The maximum Gasteiger partial charge on any atom is 0.254 e. The van der Waals surface area contributed by atoms with Crippen molar-refractivity contribution in [3.05, 3.63) is 29.3 Å². The standard InChI is InChI=1S/C24H31BrN2O3/c1-16-19(22(29)27-5-7-30-8-6-27)3-2-4-20(16)26-21(28)14-23-10-17-9-18(11-23)13-24(25,12-17)15-23/h2-4,17-18H,5-15H2,1H3,(H,26,28). The molecule has 1 aromatic carbocycles. The van der Waals surface area contributed by atoms with Gasteiger partial charge in [0.25, 0.3) is 5.91 Å². The zero-order chi connectivity index (χ0) is 20.9. The van der Waals surface area contributed by atoms with Gasteiger partial charge in [0, 0.05) is 35.1 Å². The molecule has 1 aromatic rings. The van der Waals surface area contributed by atoms with Crippen LogP contribution in [0.2, 0.25) is 0 Å². The Balaban J connectivity index is 1.29. The van der Waals surface area contributed by atoms with Crippen LogP contribution < -0.4 is 5.32 Å². The zero-order valence-corrected chi connectivity index (χ0v) is 19.3. The van der Waals surface area contributed by atoms with Gasteiger partial charge >= 0.3 is 0 Å². The molecule has 6 heteroatoms. The van der Waals surface area contributed by atoms with Crippen LogP contribution in [0.15, 0.2) is 18.2 Å². The molecule has 0 aromatic heterocycles. The van der Waals surface area contributed by atoms with Gasteiger partial charge in [0.1, 0.15) is 0 Å². The quantitative estimate of drug-likeness (QED) is 0.652. The van der Waals surface area contributed by atoms with E-state index in [4.69, 9.17) is 4.74 Å². The lowest BCUT2D eigenvalue weighted by Gasteiger charge is -2.60. The van der Waals surface area contributed by atoms with Gasteiger partial charge in [-0.3, -0.25) is 9.59 Å². The second-order valence-corrected chi connectivity index (χ2v) is 11.9. The van der Waals surface area contributed by atoms with Crippen molar-refractivity contribution in [3.63, 3.8) is 0 Å². The predicted molar refractivity (Wildman–Crippen MR) is 120 cm³/mol. The van der Waals surface area contributed by atoms with E-state index in [-0.39, 0.29) is 21.6 Å². The number of halogens is 1. The third kappa shape index (κ3) is 3.81. The summed E-state index contributed by atoms with van der Waals surface area (Å²) in [5, 5.41) is 3.15. The number of morpholine rings is 1.